The van der Waals surface area contributed by atoms with Gasteiger partial charge in [-0.2, -0.15) is 5.10 Å². The van der Waals surface area contributed by atoms with Crippen LogP contribution in [-0.4, -0.2) is 33.8 Å². The standard InChI is InChI=1S/C16H15F4N3O4/c1-26-14(24)11-3-2-4-13-21-22(15(25)23(11)13)8-9-5-6-12(10(17)7-9)27-16(18,19)20/h5-7,11H,2-4,8H2,1H3/t11-/m1/s1. The number of benzene rings is 1. The molecule has 11 heteroatoms. The summed E-state index contributed by atoms with van der Waals surface area (Å²) in [7, 11) is 1.22. The number of nitrogens with zero attached hydrogens (tertiary/aromatic N) is 3. The minimum Gasteiger partial charge on any atom is -0.467 e. The third-order valence-corrected chi connectivity index (χ3v) is 4.16. The van der Waals surface area contributed by atoms with Gasteiger partial charge in [0.25, 0.3) is 0 Å². The van der Waals surface area contributed by atoms with Crippen LogP contribution in [0.4, 0.5) is 17.6 Å². The molecule has 27 heavy (non-hydrogen) atoms. The highest BCUT2D eigenvalue weighted by molar-refractivity contribution is 5.74. The van der Waals surface area contributed by atoms with Crippen LogP contribution in [0.2, 0.25) is 0 Å². The molecular formula is C16H15F4N3O4. The molecule has 0 bridgehead atoms. The molecule has 7 nitrogen and oxygen atoms in total. The topological polar surface area (TPSA) is 75.3 Å². The third kappa shape index (κ3) is 3.96. The number of aromatic nitrogens is 3. The molecule has 2 heterocycles. The molecule has 0 saturated carbocycles. The van der Waals surface area contributed by atoms with Crippen molar-refractivity contribution in [3.05, 3.63) is 45.9 Å². The van der Waals surface area contributed by atoms with Crippen molar-refractivity contribution in [2.45, 2.75) is 38.2 Å². The molecule has 1 aromatic heterocycles. The summed E-state index contributed by atoms with van der Waals surface area (Å²) in [6.45, 7) is -0.171. The Morgan fingerprint density at radius 3 is 2.74 bits per heavy atom. The van der Waals surface area contributed by atoms with Gasteiger partial charge >= 0.3 is 18.0 Å². The molecule has 0 unspecified atom stereocenters. The second-order valence-electron chi connectivity index (χ2n) is 5.97. The van der Waals surface area contributed by atoms with E-state index in [1.165, 1.54) is 17.7 Å². The summed E-state index contributed by atoms with van der Waals surface area (Å²) < 4.78 is 61.0. The third-order valence-electron chi connectivity index (χ3n) is 4.16. The van der Waals surface area contributed by atoms with Crippen molar-refractivity contribution >= 4 is 5.97 Å². The zero-order valence-electron chi connectivity index (χ0n) is 14.1. The van der Waals surface area contributed by atoms with E-state index in [0.717, 1.165) is 16.8 Å². The Balaban J connectivity index is 1.87. The maximum absolute atomic E-state index is 13.8. The largest absolute Gasteiger partial charge is 0.573 e. The van der Waals surface area contributed by atoms with Gasteiger partial charge in [0, 0.05) is 6.42 Å². The molecule has 0 saturated heterocycles. The molecule has 0 amide bonds. The first-order valence-corrected chi connectivity index (χ1v) is 8.00. The number of carbonyl (C=O) groups is 1. The van der Waals surface area contributed by atoms with Gasteiger partial charge in [-0.05, 0) is 30.5 Å². The molecule has 0 fully saturated rings. The van der Waals surface area contributed by atoms with Gasteiger partial charge in [0.15, 0.2) is 11.6 Å². The maximum Gasteiger partial charge on any atom is 0.573 e. The normalized spacial score (nSPS) is 16.7. The molecule has 146 valence electrons. The van der Waals surface area contributed by atoms with Crippen LogP contribution in [0.15, 0.2) is 23.0 Å². The van der Waals surface area contributed by atoms with E-state index >= 15 is 0 Å². The lowest BCUT2D eigenvalue weighted by Crippen LogP contribution is -2.35. The molecule has 0 N–H and O–H groups in total. The Hall–Kier alpha value is -2.85. The summed E-state index contributed by atoms with van der Waals surface area (Å²) in [5.41, 5.74) is -0.356. The van der Waals surface area contributed by atoms with Gasteiger partial charge in [-0.15, -0.1) is 13.2 Å². The summed E-state index contributed by atoms with van der Waals surface area (Å²) >= 11 is 0. The number of aryl methyl sites for hydroxylation is 1. The number of rotatable bonds is 4. The summed E-state index contributed by atoms with van der Waals surface area (Å²) in [5, 5.41) is 4.15. The molecular weight excluding hydrogens is 374 g/mol. The smallest absolute Gasteiger partial charge is 0.467 e. The SMILES string of the molecule is COC(=O)[C@H]1CCCc2nn(Cc3ccc(OC(F)(F)F)c(F)c3)c(=O)n21. The molecule has 1 aromatic carbocycles. The number of halogens is 4. The first-order chi connectivity index (χ1) is 12.7. The average Bonchev–Trinajstić information content (AvgIpc) is 2.91. The van der Waals surface area contributed by atoms with Crippen LogP contribution in [0.25, 0.3) is 0 Å². The van der Waals surface area contributed by atoms with Crippen molar-refractivity contribution in [3.8, 4) is 5.75 Å². The lowest BCUT2D eigenvalue weighted by molar-refractivity contribution is -0.275. The minimum atomic E-state index is -5.01. The lowest BCUT2D eigenvalue weighted by Gasteiger charge is -2.20. The Labute approximate surface area is 150 Å². The zero-order chi connectivity index (χ0) is 19.8. The van der Waals surface area contributed by atoms with Crippen LogP contribution in [0.1, 0.15) is 30.3 Å². The molecule has 1 aliphatic heterocycles. The van der Waals surface area contributed by atoms with Gasteiger partial charge in [-0.1, -0.05) is 6.07 Å². The zero-order valence-corrected chi connectivity index (χ0v) is 14.1. The van der Waals surface area contributed by atoms with Gasteiger partial charge in [0.1, 0.15) is 11.9 Å². The van der Waals surface area contributed by atoms with Crippen LogP contribution in [0.5, 0.6) is 5.75 Å². The summed E-state index contributed by atoms with van der Waals surface area (Å²) in [6.07, 6.45) is -3.44. The van der Waals surface area contributed by atoms with Gasteiger partial charge in [-0.25, -0.2) is 18.7 Å². The van der Waals surface area contributed by atoms with E-state index < -0.39 is 35.6 Å². The lowest BCUT2D eigenvalue weighted by atomic mass is 10.1. The molecule has 1 atom stereocenters. The second kappa shape index (κ2) is 7.05. The molecule has 0 radical (unpaired) electrons. The Kier molecular flexibility index (Phi) is 4.94. The fourth-order valence-electron chi connectivity index (χ4n) is 3.02. The van der Waals surface area contributed by atoms with Gasteiger partial charge in [-0.3, -0.25) is 4.57 Å². The van der Waals surface area contributed by atoms with Crippen LogP contribution in [0.3, 0.4) is 0 Å². The Morgan fingerprint density at radius 1 is 1.37 bits per heavy atom. The fraction of sp³-hybridized carbons (Fsp3) is 0.438. The highest BCUT2D eigenvalue weighted by Gasteiger charge is 2.33. The van der Waals surface area contributed by atoms with Gasteiger partial charge in [0.2, 0.25) is 0 Å². The van der Waals surface area contributed by atoms with E-state index in [-0.39, 0.29) is 12.1 Å². The quantitative estimate of drug-likeness (QED) is 0.592. The van der Waals surface area contributed by atoms with Crippen molar-refractivity contribution in [1.82, 2.24) is 14.3 Å². The number of hydrogen-bond donors (Lipinski definition) is 0. The summed E-state index contributed by atoms with van der Waals surface area (Å²) in [4.78, 5) is 24.4. The highest BCUT2D eigenvalue weighted by Crippen LogP contribution is 2.26. The molecule has 0 aliphatic carbocycles. The highest BCUT2D eigenvalue weighted by atomic mass is 19.4. The molecule has 0 spiro atoms. The first kappa shape index (κ1) is 18.9. The maximum atomic E-state index is 13.8. The molecule has 1 aliphatic rings. The minimum absolute atomic E-state index is 0.171. The summed E-state index contributed by atoms with van der Waals surface area (Å²) in [5.74, 6) is -2.33. The van der Waals surface area contributed by atoms with Crippen LogP contribution >= 0.6 is 0 Å². The van der Waals surface area contributed by atoms with E-state index in [0.29, 0.717) is 25.1 Å². The number of esters is 1. The fourth-order valence-corrected chi connectivity index (χ4v) is 3.02. The van der Waals surface area contributed by atoms with E-state index in [9.17, 15) is 27.2 Å². The van der Waals surface area contributed by atoms with Crippen molar-refractivity contribution in [2.24, 2.45) is 0 Å². The number of fused-ring (bicyclic) bond motifs is 1. The number of alkyl halides is 3. The average molecular weight is 389 g/mol. The second-order valence-corrected chi connectivity index (χ2v) is 5.97. The molecule has 3 rings (SSSR count). The van der Waals surface area contributed by atoms with E-state index in [1.54, 1.807) is 0 Å². The number of carbonyl (C=O) groups excluding carboxylic acids is 1. The van der Waals surface area contributed by atoms with Crippen LogP contribution in [0, 0.1) is 5.82 Å². The first-order valence-electron chi connectivity index (χ1n) is 8.00. The van der Waals surface area contributed by atoms with Crippen LogP contribution in [-0.2, 0) is 22.5 Å². The molecule has 2 aromatic rings. The van der Waals surface area contributed by atoms with Crippen molar-refractivity contribution < 1.29 is 31.8 Å². The Bertz CT molecular complexity index is 919. The van der Waals surface area contributed by atoms with Crippen molar-refractivity contribution in [2.75, 3.05) is 7.11 Å². The van der Waals surface area contributed by atoms with Gasteiger partial charge in [0.05, 0.1) is 13.7 Å². The van der Waals surface area contributed by atoms with E-state index in [1.807, 2.05) is 0 Å². The van der Waals surface area contributed by atoms with Crippen LogP contribution < -0.4 is 10.4 Å². The van der Waals surface area contributed by atoms with Crippen molar-refractivity contribution in [3.63, 3.8) is 0 Å². The number of methoxy groups -OCH3 is 1. The summed E-state index contributed by atoms with van der Waals surface area (Å²) in [6, 6.07) is 2.09. The Morgan fingerprint density at radius 2 is 2.11 bits per heavy atom. The number of ether oxygens (including phenoxy) is 2. The van der Waals surface area contributed by atoms with E-state index in [2.05, 4.69) is 9.84 Å². The monoisotopic (exact) mass is 389 g/mol. The predicted molar refractivity (Wildman–Crippen MR) is 82.7 cm³/mol. The number of hydrogen-bond acceptors (Lipinski definition) is 5. The van der Waals surface area contributed by atoms with Crippen molar-refractivity contribution in [1.29, 1.82) is 0 Å². The van der Waals surface area contributed by atoms with E-state index in [4.69, 9.17) is 4.74 Å². The van der Waals surface area contributed by atoms with Gasteiger partial charge < -0.3 is 9.47 Å². The predicted octanol–water partition coefficient (Wildman–Crippen LogP) is 2.18.